The van der Waals surface area contributed by atoms with E-state index in [1.165, 1.54) is 25.7 Å². The Kier molecular flexibility index (Phi) is 4.97. The molecule has 0 aliphatic heterocycles. The molecule has 1 aliphatic carbocycles. The summed E-state index contributed by atoms with van der Waals surface area (Å²) < 4.78 is 0. The lowest BCUT2D eigenvalue weighted by molar-refractivity contribution is -0.123. The second kappa shape index (κ2) is 6.71. The predicted molar refractivity (Wildman–Crippen MR) is 77.7 cm³/mol. The summed E-state index contributed by atoms with van der Waals surface area (Å²) in [6.07, 6.45) is 5.65. The van der Waals surface area contributed by atoms with Gasteiger partial charge in [-0.05, 0) is 37.7 Å². The molecule has 104 valence electrons. The van der Waals surface area contributed by atoms with E-state index in [1.807, 2.05) is 30.3 Å². The maximum absolute atomic E-state index is 12.1. The molecule has 1 saturated carbocycles. The van der Waals surface area contributed by atoms with Gasteiger partial charge in [0, 0.05) is 6.04 Å². The Labute approximate surface area is 115 Å². The molecular formula is C16H24N2O. The Morgan fingerprint density at radius 1 is 1.32 bits per heavy atom. The van der Waals surface area contributed by atoms with Gasteiger partial charge in [0.15, 0.2) is 0 Å². The largest absolute Gasteiger partial charge is 0.352 e. The maximum atomic E-state index is 12.1. The van der Waals surface area contributed by atoms with Gasteiger partial charge >= 0.3 is 0 Å². The van der Waals surface area contributed by atoms with Crippen LogP contribution in [0.5, 0.6) is 0 Å². The van der Waals surface area contributed by atoms with Crippen LogP contribution in [0.2, 0.25) is 0 Å². The van der Waals surface area contributed by atoms with Gasteiger partial charge < -0.3 is 11.1 Å². The van der Waals surface area contributed by atoms with Crippen molar-refractivity contribution in [2.24, 2.45) is 11.7 Å². The van der Waals surface area contributed by atoms with Gasteiger partial charge in [-0.15, -0.1) is 0 Å². The summed E-state index contributed by atoms with van der Waals surface area (Å²) >= 11 is 0. The van der Waals surface area contributed by atoms with E-state index >= 15 is 0 Å². The van der Waals surface area contributed by atoms with Gasteiger partial charge in [-0.25, -0.2) is 0 Å². The molecule has 1 aromatic rings. The number of hydrogen-bond donors (Lipinski definition) is 2. The first kappa shape index (κ1) is 14.1. The normalized spacial score (nSPS) is 19.1. The molecule has 0 unspecified atom stereocenters. The van der Waals surface area contributed by atoms with Crippen molar-refractivity contribution in [1.82, 2.24) is 5.32 Å². The first-order valence-electron chi connectivity index (χ1n) is 7.26. The highest BCUT2D eigenvalue weighted by Crippen LogP contribution is 2.27. The van der Waals surface area contributed by atoms with Crippen molar-refractivity contribution in [1.29, 1.82) is 0 Å². The summed E-state index contributed by atoms with van der Waals surface area (Å²) in [4.78, 5) is 12.1. The molecule has 3 heteroatoms. The number of hydrogen-bond acceptors (Lipinski definition) is 2. The molecule has 0 radical (unpaired) electrons. The van der Waals surface area contributed by atoms with E-state index in [-0.39, 0.29) is 11.9 Å². The maximum Gasteiger partial charge on any atom is 0.237 e. The van der Waals surface area contributed by atoms with E-state index < -0.39 is 6.04 Å². The van der Waals surface area contributed by atoms with Crippen molar-refractivity contribution in [3.8, 4) is 0 Å². The lowest BCUT2D eigenvalue weighted by atomic mass is 9.99. The van der Waals surface area contributed by atoms with Crippen molar-refractivity contribution in [3.05, 3.63) is 35.9 Å². The molecule has 1 fully saturated rings. The summed E-state index contributed by atoms with van der Waals surface area (Å²) in [5.74, 6) is 0.608. The molecule has 0 aromatic heterocycles. The molecule has 19 heavy (non-hydrogen) atoms. The minimum absolute atomic E-state index is 0.0248. The highest BCUT2D eigenvalue weighted by molar-refractivity contribution is 5.82. The lowest BCUT2D eigenvalue weighted by Crippen LogP contribution is -2.47. The molecule has 0 bridgehead atoms. The first-order valence-corrected chi connectivity index (χ1v) is 7.26. The number of nitrogens with one attached hydrogen (secondary N) is 1. The van der Waals surface area contributed by atoms with Crippen LogP contribution in [-0.4, -0.2) is 18.0 Å². The Bertz CT molecular complexity index is 398. The van der Waals surface area contributed by atoms with Crippen molar-refractivity contribution in [2.45, 2.75) is 51.1 Å². The zero-order chi connectivity index (χ0) is 13.7. The summed E-state index contributed by atoms with van der Waals surface area (Å²) in [5, 5.41) is 3.08. The van der Waals surface area contributed by atoms with Gasteiger partial charge in [-0.2, -0.15) is 0 Å². The van der Waals surface area contributed by atoms with Crippen LogP contribution in [0.4, 0.5) is 0 Å². The van der Waals surface area contributed by atoms with Gasteiger partial charge in [0.05, 0.1) is 6.04 Å². The highest BCUT2D eigenvalue weighted by Gasteiger charge is 2.24. The smallest absolute Gasteiger partial charge is 0.237 e. The topological polar surface area (TPSA) is 55.1 Å². The van der Waals surface area contributed by atoms with Gasteiger partial charge in [0.25, 0.3) is 0 Å². The molecule has 0 saturated heterocycles. The number of carbonyl (C=O) groups excluding carboxylic acids is 1. The third-order valence-electron chi connectivity index (χ3n) is 4.11. The average Bonchev–Trinajstić information content (AvgIpc) is 2.93. The SMILES string of the molecule is C[C@H](NC(=O)[C@H](N)Cc1ccccc1)C1CCCC1. The molecule has 0 heterocycles. The van der Waals surface area contributed by atoms with Crippen LogP contribution in [0.3, 0.4) is 0 Å². The van der Waals surface area contributed by atoms with Gasteiger partial charge in [-0.3, -0.25) is 4.79 Å². The summed E-state index contributed by atoms with van der Waals surface area (Å²) in [5.41, 5.74) is 7.09. The van der Waals surface area contributed by atoms with Crippen LogP contribution < -0.4 is 11.1 Å². The Morgan fingerprint density at radius 3 is 2.58 bits per heavy atom. The Hall–Kier alpha value is -1.35. The first-order chi connectivity index (χ1) is 9.16. The predicted octanol–water partition coefficient (Wildman–Crippen LogP) is 2.25. The molecular weight excluding hydrogens is 236 g/mol. The fourth-order valence-electron chi connectivity index (χ4n) is 2.87. The van der Waals surface area contributed by atoms with Crippen LogP contribution >= 0.6 is 0 Å². The number of benzene rings is 1. The lowest BCUT2D eigenvalue weighted by Gasteiger charge is -2.22. The molecule has 1 amide bonds. The van der Waals surface area contributed by atoms with Gasteiger partial charge in [-0.1, -0.05) is 43.2 Å². The van der Waals surface area contributed by atoms with Crippen LogP contribution in [0.15, 0.2) is 30.3 Å². The monoisotopic (exact) mass is 260 g/mol. The van der Waals surface area contributed by atoms with E-state index in [1.54, 1.807) is 0 Å². The van der Waals surface area contributed by atoms with E-state index in [0.29, 0.717) is 12.3 Å². The Balaban J connectivity index is 1.82. The number of carbonyl (C=O) groups is 1. The van der Waals surface area contributed by atoms with Crippen molar-refractivity contribution in [2.75, 3.05) is 0 Å². The molecule has 1 aliphatic rings. The van der Waals surface area contributed by atoms with E-state index in [0.717, 1.165) is 5.56 Å². The van der Waals surface area contributed by atoms with E-state index in [9.17, 15) is 4.79 Å². The van der Waals surface area contributed by atoms with Gasteiger partial charge in [0.2, 0.25) is 5.91 Å². The highest BCUT2D eigenvalue weighted by atomic mass is 16.2. The second-order valence-electron chi connectivity index (χ2n) is 5.64. The number of rotatable bonds is 5. The average molecular weight is 260 g/mol. The van der Waals surface area contributed by atoms with Crippen molar-refractivity contribution < 1.29 is 4.79 Å². The fourth-order valence-corrected chi connectivity index (χ4v) is 2.87. The molecule has 3 nitrogen and oxygen atoms in total. The molecule has 2 atom stereocenters. The molecule has 1 aromatic carbocycles. The number of nitrogens with two attached hydrogens (primary N) is 1. The van der Waals surface area contributed by atoms with Crippen LogP contribution in [-0.2, 0) is 11.2 Å². The zero-order valence-electron chi connectivity index (χ0n) is 11.6. The molecule has 3 N–H and O–H groups in total. The van der Waals surface area contributed by atoms with Gasteiger partial charge in [0.1, 0.15) is 0 Å². The second-order valence-corrected chi connectivity index (χ2v) is 5.64. The molecule has 0 spiro atoms. The van der Waals surface area contributed by atoms with E-state index in [2.05, 4.69) is 12.2 Å². The fraction of sp³-hybridized carbons (Fsp3) is 0.562. The minimum atomic E-state index is -0.453. The van der Waals surface area contributed by atoms with Crippen molar-refractivity contribution in [3.63, 3.8) is 0 Å². The minimum Gasteiger partial charge on any atom is -0.352 e. The van der Waals surface area contributed by atoms with Crippen LogP contribution in [0.1, 0.15) is 38.2 Å². The van der Waals surface area contributed by atoms with E-state index in [4.69, 9.17) is 5.73 Å². The zero-order valence-corrected chi connectivity index (χ0v) is 11.6. The Morgan fingerprint density at radius 2 is 1.95 bits per heavy atom. The standard InChI is InChI=1S/C16H24N2O/c1-12(14-9-5-6-10-14)18-16(19)15(17)11-13-7-3-2-4-8-13/h2-4,7-8,12,14-15H,5-6,9-11,17H2,1H3,(H,18,19)/t12-,15+/m0/s1. The van der Waals surface area contributed by atoms with Crippen molar-refractivity contribution >= 4 is 5.91 Å². The third kappa shape index (κ3) is 4.06. The molecule has 2 rings (SSSR count). The van der Waals surface area contributed by atoms with Crippen LogP contribution in [0, 0.1) is 5.92 Å². The summed E-state index contributed by atoms with van der Waals surface area (Å²) in [6, 6.07) is 9.73. The summed E-state index contributed by atoms with van der Waals surface area (Å²) in [7, 11) is 0. The summed E-state index contributed by atoms with van der Waals surface area (Å²) in [6.45, 7) is 2.10. The quantitative estimate of drug-likeness (QED) is 0.853. The van der Waals surface area contributed by atoms with Crippen LogP contribution in [0.25, 0.3) is 0 Å². The number of amides is 1. The third-order valence-corrected chi connectivity index (χ3v) is 4.11.